The summed E-state index contributed by atoms with van der Waals surface area (Å²) in [5.74, 6) is -2.29. The van der Waals surface area contributed by atoms with Crippen molar-refractivity contribution in [2.75, 3.05) is 14.2 Å². The highest BCUT2D eigenvalue weighted by molar-refractivity contribution is 6.23. The van der Waals surface area contributed by atoms with Gasteiger partial charge in [-0.1, -0.05) is 38.2 Å². The SMILES string of the molecule is CO[C@H]1/C=C\C=C(/C)C(=O)NC2=CC(=O)C(NCc3cn[nH]n3)=C(C[C@@H](C)C[C@H](OC)[C@H](O)[C@@H](C)/C=C(\C)[C@@H]1OC(N)=O)C2=O. The highest BCUT2D eigenvalue weighted by atomic mass is 16.6. The molecule has 2 amide bonds. The number of nitrogens with one attached hydrogen (secondary N) is 3. The Kier molecular flexibility index (Phi) is 12.5. The standard InChI is InChI=1S/C31H42N6O8/c1-16-10-21-26(33-14-20-15-34-37-36-20)23(38)13-22(28(21)40)35-30(41)17(2)8-7-9-24(43-5)29(45-31(32)42)19(4)12-18(3)27(39)25(11-16)44-6/h7-9,12-13,15-16,18,24-25,27,29,33,39H,10-11,14H2,1-6H3,(H2,32,42)(H,35,41)(H,34,36,37)/b9-7-,17-8+,19-12+/t16-,18+,24+,25+,27-,29+/m1/s1. The van der Waals surface area contributed by atoms with Crippen molar-refractivity contribution in [3.8, 4) is 0 Å². The van der Waals surface area contributed by atoms with Gasteiger partial charge < -0.3 is 35.7 Å². The van der Waals surface area contributed by atoms with E-state index in [0.29, 0.717) is 17.7 Å². The fourth-order valence-corrected chi connectivity index (χ4v) is 5.27. The Labute approximate surface area is 261 Å². The van der Waals surface area contributed by atoms with Crippen LogP contribution < -0.4 is 16.4 Å². The number of primary amides is 1. The zero-order valence-electron chi connectivity index (χ0n) is 26.3. The number of ketones is 2. The number of nitrogens with zero attached hydrogens (tertiary/aromatic N) is 2. The maximum atomic E-state index is 13.7. The van der Waals surface area contributed by atoms with Crippen molar-refractivity contribution < 1.29 is 38.5 Å². The van der Waals surface area contributed by atoms with Gasteiger partial charge in [0.15, 0.2) is 6.10 Å². The molecular formula is C31H42N6O8. The van der Waals surface area contributed by atoms with Gasteiger partial charge in [0.1, 0.15) is 11.8 Å². The summed E-state index contributed by atoms with van der Waals surface area (Å²) in [4.78, 5) is 51.9. The molecule has 1 aromatic heterocycles. The molecule has 6 atom stereocenters. The second-order valence-corrected chi connectivity index (χ2v) is 11.2. The molecule has 45 heavy (non-hydrogen) atoms. The molecule has 14 heteroatoms. The van der Waals surface area contributed by atoms with Gasteiger partial charge in [-0.05, 0) is 38.2 Å². The number of hydrogen-bond acceptors (Lipinski definition) is 11. The van der Waals surface area contributed by atoms with Crippen molar-refractivity contribution in [2.45, 2.75) is 71.5 Å². The predicted molar refractivity (Wildman–Crippen MR) is 163 cm³/mol. The first-order valence-electron chi connectivity index (χ1n) is 14.5. The molecule has 0 unspecified atom stereocenters. The molecule has 1 aliphatic carbocycles. The van der Waals surface area contributed by atoms with Crippen LogP contribution in [-0.4, -0.2) is 82.7 Å². The minimum atomic E-state index is -1.01. The third-order valence-electron chi connectivity index (χ3n) is 7.70. The van der Waals surface area contributed by atoms with Gasteiger partial charge in [-0.2, -0.15) is 15.4 Å². The fourth-order valence-electron chi connectivity index (χ4n) is 5.27. The van der Waals surface area contributed by atoms with Gasteiger partial charge in [0.25, 0.3) is 5.91 Å². The van der Waals surface area contributed by atoms with Gasteiger partial charge in [0, 0.05) is 37.4 Å². The molecule has 1 aromatic rings. The minimum Gasteiger partial charge on any atom is -0.439 e. The Bertz CT molecular complexity index is 1410. The molecule has 244 valence electrons. The molecule has 0 spiro atoms. The number of amides is 2. The lowest BCUT2D eigenvalue weighted by atomic mass is 9.85. The Morgan fingerprint density at radius 3 is 2.53 bits per heavy atom. The van der Waals surface area contributed by atoms with E-state index in [1.807, 2.05) is 6.92 Å². The second-order valence-electron chi connectivity index (χ2n) is 11.2. The molecule has 0 aromatic carbocycles. The lowest BCUT2D eigenvalue weighted by Crippen LogP contribution is -2.37. The van der Waals surface area contributed by atoms with Crippen LogP contribution in [0.3, 0.4) is 0 Å². The van der Waals surface area contributed by atoms with E-state index >= 15 is 0 Å². The maximum Gasteiger partial charge on any atom is 0.405 e. The summed E-state index contributed by atoms with van der Waals surface area (Å²) in [5, 5.41) is 27.1. The molecule has 14 nitrogen and oxygen atoms in total. The highest BCUT2D eigenvalue weighted by Gasteiger charge is 2.33. The first-order valence-corrected chi connectivity index (χ1v) is 14.5. The summed E-state index contributed by atoms with van der Waals surface area (Å²) >= 11 is 0. The van der Waals surface area contributed by atoms with Gasteiger partial charge in [-0.3, -0.25) is 14.4 Å². The van der Waals surface area contributed by atoms with Crippen LogP contribution in [0.1, 0.15) is 46.2 Å². The highest BCUT2D eigenvalue weighted by Crippen LogP contribution is 2.29. The molecule has 0 saturated heterocycles. The van der Waals surface area contributed by atoms with Crippen LogP contribution in [0, 0.1) is 11.8 Å². The summed E-state index contributed by atoms with van der Waals surface area (Å²) in [6, 6.07) is 0. The summed E-state index contributed by atoms with van der Waals surface area (Å²) in [5.41, 5.74) is 6.82. The van der Waals surface area contributed by atoms with Crippen molar-refractivity contribution in [2.24, 2.45) is 17.6 Å². The number of carbonyl (C=O) groups is 4. The van der Waals surface area contributed by atoms with E-state index in [1.165, 1.54) is 26.5 Å². The Morgan fingerprint density at radius 1 is 1.18 bits per heavy atom. The number of aromatic amines is 1. The number of aromatic nitrogens is 3. The lowest BCUT2D eigenvalue weighted by Gasteiger charge is -2.30. The van der Waals surface area contributed by atoms with Crippen LogP contribution >= 0.6 is 0 Å². The number of aliphatic hydroxyl groups is 1. The molecule has 2 heterocycles. The number of H-pyrrole nitrogens is 1. The second kappa shape index (κ2) is 16.1. The van der Waals surface area contributed by atoms with Crippen molar-refractivity contribution >= 4 is 23.6 Å². The molecular weight excluding hydrogens is 584 g/mol. The predicted octanol–water partition coefficient (Wildman–Crippen LogP) is 1.67. The summed E-state index contributed by atoms with van der Waals surface area (Å²) in [7, 11) is 2.91. The molecule has 1 aliphatic heterocycles. The third kappa shape index (κ3) is 9.30. The van der Waals surface area contributed by atoms with Crippen LogP contribution in [0.25, 0.3) is 0 Å². The van der Waals surface area contributed by atoms with Crippen LogP contribution in [0.15, 0.2) is 64.7 Å². The summed E-state index contributed by atoms with van der Waals surface area (Å²) in [6.07, 6.45) is 5.08. The maximum absolute atomic E-state index is 13.7. The molecule has 0 saturated carbocycles. The van der Waals surface area contributed by atoms with E-state index in [-0.39, 0.29) is 41.4 Å². The first kappa shape index (κ1) is 35.1. The number of fused-ring (bicyclic) bond motifs is 2. The van der Waals surface area contributed by atoms with Gasteiger partial charge in [0.05, 0.1) is 36.3 Å². The number of methoxy groups -OCH3 is 2. The Morgan fingerprint density at radius 2 is 1.91 bits per heavy atom. The first-order chi connectivity index (χ1) is 21.4. The molecule has 6 N–H and O–H groups in total. The summed E-state index contributed by atoms with van der Waals surface area (Å²) < 4.78 is 16.6. The van der Waals surface area contributed by atoms with Crippen LogP contribution in [-0.2, 0) is 35.1 Å². The number of Topliss-reactive ketones (excluding diaryl/α,β-unsaturated/α-hetero) is 1. The average Bonchev–Trinajstić information content (AvgIpc) is 3.51. The Balaban J connectivity index is 2.06. The number of allylic oxidation sites excluding steroid dienone is 4. The molecule has 0 fully saturated rings. The quantitative estimate of drug-likeness (QED) is 0.227. The normalized spacial score (nSPS) is 30.4. The topological polar surface area (TPSA) is 208 Å². The van der Waals surface area contributed by atoms with E-state index in [4.69, 9.17) is 19.9 Å². The number of hydrogen-bond donors (Lipinski definition) is 5. The number of ether oxygens (including phenoxy) is 3. The minimum absolute atomic E-state index is 0.0986. The van der Waals surface area contributed by atoms with Gasteiger partial charge in [-0.25, -0.2) is 4.79 Å². The zero-order valence-corrected chi connectivity index (χ0v) is 26.3. The number of nitrogens with two attached hydrogens (primary N) is 1. The number of rotatable bonds is 6. The van der Waals surface area contributed by atoms with E-state index in [1.54, 1.807) is 39.0 Å². The lowest BCUT2D eigenvalue weighted by molar-refractivity contribution is -0.120. The van der Waals surface area contributed by atoms with Gasteiger partial charge in [0.2, 0.25) is 11.6 Å². The van der Waals surface area contributed by atoms with Crippen LogP contribution in [0.2, 0.25) is 0 Å². The third-order valence-corrected chi connectivity index (χ3v) is 7.70. The van der Waals surface area contributed by atoms with Crippen molar-refractivity contribution in [3.63, 3.8) is 0 Å². The zero-order chi connectivity index (χ0) is 33.3. The number of carbonyl (C=O) groups excluding carboxylic acids is 4. The van der Waals surface area contributed by atoms with E-state index in [0.717, 1.165) is 6.08 Å². The summed E-state index contributed by atoms with van der Waals surface area (Å²) in [6.45, 7) is 7.08. The van der Waals surface area contributed by atoms with E-state index in [9.17, 15) is 24.3 Å². The van der Waals surface area contributed by atoms with Gasteiger partial charge in [-0.15, -0.1) is 0 Å². The largest absolute Gasteiger partial charge is 0.439 e. The van der Waals surface area contributed by atoms with Crippen molar-refractivity contribution in [1.82, 2.24) is 26.0 Å². The van der Waals surface area contributed by atoms with Crippen LogP contribution in [0.4, 0.5) is 4.79 Å². The monoisotopic (exact) mass is 626 g/mol. The molecule has 2 bridgehead atoms. The number of aliphatic hydroxyl groups excluding tert-OH is 1. The van der Waals surface area contributed by atoms with Crippen molar-refractivity contribution in [1.29, 1.82) is 0 Å². The Hall–Kier alpha value is -4.40. The van der Waals surface area contributed by atoms with Crippen LogP contribution in [0.5, 0.6) is 0 Å². The molecule has 2 aliphatic rings. The van der Waals surface area contributed by atoms with E-state index in [2.05, 4.69) is 26.0 Å². The molecule has 0 radical (unpaired) electrons. The van der Waals surface area contributed by atoms with Crippen molar-refractivity contribution in [3.05, 3.63) is 70.4 Å². The fraction of sp³-hybridized carbons (Fsp3) is 0.484. The average molecular weight is 627 g/mol. The molecule has 3 rings (SSSR count). The van der Waals surface area contributed by atoms with Gasteiger partial charge >= 0.3 is 6.09 Å². The smallest absolute Gasteiger partial charge is 0.405 e. The van der Waals surface area contributed by atoms with E-state index < -0.39 is 53.9 Å².